The Morgan fingerprint density at radius 2 is 1.39 bits per heavy atom. The smallest absolute Gasteiger partial charge is 0.115 e. The Morgan fingerprint density at radius 3 is 1.90 bits per heavy atom. The van der Waals surface area contributed by atoms with E-state index in [1.165, 1.54) is 22.3 Å². The van der Waals surface area contributed by atoms with E-state index in [1.807, 2.05) is 31.2 Å². The average Bonchev–Trinajstić information content (AvgIpc) is 2.75. The van der Waals surface area contributed by atoms with Crippen LogP contribution in [0.4, 0.5) is 11.4 Å². The number of nitrogen functional groups attached to an aromatic ring is 2. The second-order valence-electron chi connectivity index (χ2n) is 7.61. The number of phenolic OH excluding ortho intramolecular Hbond substituents is 1. The van der Waals surface area contributed by atoms with E-state index in [1.54, 1.807) is 24.3 Å². The molecule has 0 aromatic heterocycles. The zero-order valence-corrected chi connectivity index (χ0v) is 18.6. The van der Waals surface area contributed by atoms with Crippen molar-refractivity contribution in [1.29, 1.82) is 5.41 Å². The summed E-state index contributed by atoms with van der Waals surface area (Å²) in [6, 6.07) is 23.0. The summed E-state index contributed by atoms with van der Waals surface area (Å²) in [5.74, 6) is 0.322. The van der Waals surface area contributed by atoms with E-state index >= 15 is 0 Å². The number of aromatic hydroxyl groups is 1. The topological polar surface area (TPSA) is 96.1 Å². The van der Waals surface area contributed by atoms with Crippen LogP contribution < -0.4 is 11.5 Å². The van der Waals surface area contributed by atoms with E-state index in [0.717, 1.165) is 48.3 Å². The molecule has 1 saturated carbocycles. The summed E-state index contributed by atoms with van der Waals surface area (Å²) >= 11 is 0. The average molecular weight is 436 g/mol. The van der Waals surface area contributed by atoms with Gasteiger partial charge in [-0.25, -0.2) is 0 Å². The Labute approximate surface area is 190 Å². The molecule has 3 aromatic carbocycles. The number of nitrogens with two attached hydrogens (primary N) is 2. The van der Waals surface area contributed by atoms with Crippen LogP contribution in [-0.4, -0.2) is 10.8 Å². The van der Waals surface area contributed by atoms with E-state index in [9.17, 15) is 0 Å². The lowest BCUT2D eigenvalue weighted by molar-refractivity contribution is 0.475. The minimum Gasteiger partial charge on any atom is -0.508 e. The number of aryl methyl sites for hydroxylation is 1. The molecule has 31 heavy (non-hydrogen) atoms. The summed E-state index contributed by atoms with van der Waals surface area (Å²) in [6.07, 6.45) is 3.65. The van der Waals surface area contributed by atoms with Gasteiger partial charge in [0.25, 0.3) is 0 Å². The van der Waals surface area contributed by atoms with Gasteiger partial charge in [-0.15, -0.1) is 12.4 Å². The molecule has 0 heterocycles. The molecule has 0 spiro atoms. The molecule has 4 nitrogen and oxygen atoms in total. The summed E-state index contributed by atoms with van der Waals surface area (Å²) in [5, 5.41) is 16.5. The van der Waals surface area contributed by atoms with Gasteiger partial charge < -0.3 is 22.0 Å². The Bertz CT molecular complexity index is 1030. The van der Waals surface area contributed by atoms with Gasteiger partial charge in [0.2, 0.25) is 0 Å². The lowest BCUT2D eigenvalue weighted by atomic mass is 9.84. The Kier molecular flexibility index (Phi) is 8.71. The molecular weight excluding hydrogens is 406 g/mol. The standard InChI is InChI=1S/C20H23N3.C6H6O.ClH/c1-13-12-16(6-11-19(13)23)20(14-2-7-17(21)8-3-14)15-4-9-18(22)10-5-15;7-6-4-2-1-3-5-6;/h2-3,6-8,11-12,22H,4-5,9-10,21,23H2,1H3;1-5,7H;1H. The van der Waals surface area contributed by atoms with Crippen molar-refractivity contribution in [1.82, 2.24) is 0 Å². The highest BCUT2D eigenvalue weighted by Gasteiger charge is 2.17. The summed E-state index contributed by atoms with van der Waals surface area (Å²) in [7, 11) is 0. The second kappa shape index (κ2) is 11.2. The Balaban J connectivity index is 0.000000364. The predicted molar refractivity (Wildman–Crippen MR) is 134 cm³/mol. The highest BCUT2D eigenvalue weighted by Crippen LogP contribution is 2.35. The molecule has 0 radical (unpaired) electrons. The number of halogens is 1. The molecule has 162 valence electrons. The van der Waals surface area contributed by atoms with Gasteiger partial charge in [0.15, 0.2) is 0 Å². The third-order valence-electron chi connectivity index (χ3n) is 5.32. The van der Waals surface area contributed by atoms with Crippen LogP contribution in [0.15, 0.2) is 78.4 Å². The van der Waals surface area contributed by atoms with Crippen molar-refractivity contribution in [3.05, 3.63) is 95.1 Å². The van der Waals surface area contributed by atoms with Crippen LogP contribution in [0, 0.1) is 12.3 Å². The highest BCUT2D eigenvalue weighted by atomic mass is 35.5. The number of rotatable bonds is 2. The highest BCUT2D eigenvalue weighted by molar-refractivity contribution is 5.88. The van der Waals surface area contributed by atoms with Crippen LogP contribution in [-0.2, 0) is 0 Å². The molecule has 0 unspecified atom stereocenters. The minimum absolute atomic E-state index is 0. The van der Waals surface area contributed by atoms with Crippen LogP contribution in [0.25, 0.3) is 5.57 Å². The van der Waals surface area contributed by atoms with E-state index < -0.39 is 0 Å². The number of para-hydroxylation sites is 1. The zero-order valence-electron chi connectivity index (χ0n) is 17.8. The van der Waals surface area contributed by atoms with E-state index in [0.29, 0.717) is 5.75 Å². The number of anilines is 2. The molecule has 1 fully saturated rings. The van der Waals surface area contributed by atoms with Gasteiger partial charge >= 0.3 is 0 Å². The lowest BCUT2D eigenvalue weighted by Gasteiger charge is -2.21. The minimum atomic E-state index is 0. The van der Waals surface area contributed by atoms with Crippen molar-refractivity contribution >= 4 is 35.1 Å². The van der Waals surface area contributed by atoms with Crippen molar-refractivity contribution in [2.24, 2.45) is 0 Å². The lowest BCUT2D eigenvalue weighted by Crippen LogP contribution is -2.08. The van der Waals surface area contributed by atoms with E-state index in [4.69, 9.17) is 22.0 Å². The number of phenols is 1. The maximum Gasteiger partial charge on any atom is 0.115 e. The van der Waals surface area contributed by atoms with Crippen LogP contribution in [0.3, 0.4) is 0 Å². The monoisotopic (exact) mass is 435 g/mol. The predicted octanol–water partition coefficient (Wildman–Crippen LogP) is 6.37. The van der Waals surface area contributed by atoms with Crippen LogP contribution in [0.5, 0.6) is 5.75 Å². The normalized spacial score (nSPS) is 12.9. The van der Waals surface area contributed by atoms with Gasteiger partial charge in [0, 0.05) is 17.1 Å². The maximum absolute atomic E-state index is 8.63. The summed E-state index contributed by atoms with van der Waals surface area (Å²) < 4.78 is 0. The van der Waals surface area contributed by atoms with Crippen molar-refractivity contribution in [2.75, 3.05) is 11.5 Å². The summed E-state index contributed by atoms with van der Waals surface area (Å²) in [4.78, 5) is 0. The van der Waals surface area contributed by atoms with Gasteiger partial charge in [-0.05, 0) is 91.3 Å². The summed E-state index contributed by atoms with van der Waals surface area (Å²) in [5.41, 5.74) is 20.5. The molecule has 1 aliphatic rings. The molecule has 0 saturated heterocycles. The SMILES string of the molecule is Cc1cc(C(=C2CCC(=N)CC2)c2ccc(N)cc2)ccc1N.Cl.Oc1ccccc1. The molecule has 0 bridgehead atoms. The quantitative estimate of drug-likeness (QED) is 0.352. The first kappa shape index (κ1) is 24.0. The van der Waals surface area contributed by atoms with Gasteiger partial charge in [-0.1, -0.05) is 42.0 Å². The van der Waals surface area contributed by atoms with Crippen molar-refractivity contribution in [3.8, 4) is 5.75 Å². The van der Waals surface area contributed by atoms with Gasteiger partial charge in [0.05, 0.1) is 0 Å². The fourth-order valence-electron chi connectivity index (χ4n) is 3.59. The van der Waals surface area contributed by atoms with Crippen LogP contribution in [0.2, 0.25) is 0 Å². The molecule has 5 heteroatoms. The first-order valence-electron chi connectivity index (χ1n) is 10.2. The fraction of sp³-hybridized carbons (Fsp3) is 0.192. The Morgan fingerprint density at radius 1 is 0.806 bits per heavy atom. The zero-order chi connectivity index (χ0) is 21.5. The van der Waals surface area contributed by atoms with Gasteiger partial charge in [0.1, 0.15) is 5.75 Å². The molecular formula is C26H30ClN3O. The van der Waals surface area contributed by atoms with Gasteiger partial charge in [-0.3, -0.25) is 0 Å². The molecule has 3 aromatic rings. The molecule has 0 atom stereocenters. The Hall–Kier alpha value is -3.24. The third kappa shape index (κ3) is 6.63. The van der Waals surface area contributed by atoms with Crippen molar-refractivity contribution in [2.45, 2.75) is 32.6 Å². The molecule has 0 amide bonds. The number of benzene rings is 3. The van der Waals surface area contributed by atoms with E-state index in [2.05, 4.69) is 24.3 Å². The van der Waals surface area contributed by atoms with Crippen molar-refractivity contribution in [3.63, 3.8) is 0 Å². The molecule has 4 rings (SSSR count). The number of hydrogen-bond acceptors (Lipinski definition) is 4. The number of allylic oxidation sites excluding steroid dienone is 1. The largest absolute Gasteiger partial charge is 0.508 e. The second-order valence-corrected chi connectivity index (χ2v) is 7.61. The molecule has 0 aliphatic heterocycles. The first-order valence-corrected chi connectivity index (χ1v) is 10.2. The summed E-state index contributed by atoms with van der Waals surface area (Å²) in [6.45, 7) is 2.04. The van der Waals surface area contributed by atoms with Gasteiger partial charge in [-0.2, -0.15) is 0 Å². The van der Waals surface area contributed by atoms with E-state index in [-0.39, 0.29) is 12.4 Å². The number of hydrogen-bond donors (Lipinski definition) is 4. The number of nitrogens with one attached hydrogen (secondary N) is 1. The molecule has 6 N–H and O–H groups in total. The fourth-order valence-corrected chi connectivity index (χ4v) is 3.59. The maximum atomic E-state index is 8.63. The van der Waals surface area contributed by atoms with Crippen LogP contribution in [0.1, 0.15) is 42.4 Å². The van der Waals surface area contributed by atoms with Crippen molar-refractivity contribution < 1.29 is 5.11 Å². The first-order chi connectivity index (χ1) is 14.4. The van der Waals surface area contributed by atoms with Crippen LogP contribution >= 0.6 is 12.4 Å². The molecule has 1 aliphatic carbocycles. The third-order valence-corrected chi connectivity index (χ3v) is 5.32.